The third-order valence-electron chi connectivity index (χ3n) is 3.08. The monoisotopic (exact) mass is 277 g/mol. The molecule has 4 heteroatoms. The van der Waals surface area contributed by atoms with Gasteiger partial charge in [0.1, 0.15) is 6.33 Å². The van der Waals surface area contributed by atoms with E-state index in [0.717, 1.165) is 23.1 Å². The maximum atomic E-state index is 4.46. The van der Waals surface area contributed by atoms with Gasteiger partial charge in [-0.25, -0.2) is 9.97 Å². The molecule has 2 heterocycles. The van der Waals surface area contributed by atoms with E-state index >= 15 is 0 Å². The molecule has 3 rings (SSSR count). The van der Waals surface area contributed by atoms with Gasteiger partial charge in [0.15, 0.2) is 0 Å². The Balaban J connectivity index is 2.18. The van der Waals surface area contributed by atoms with E-state index in [-0.39, 0.29) is 0 Å². The summed E-state index contributed by atoms with van der Waals surface area (Å²) < 4.78 is 1.09. The van der Waals surface area contributed by atoms with E-state index in [1.54, 1.807) is 6.33 Å². The maximum Gasteiger partial charge on any atom is 0.116 e. The highest BCUT2D eigenvalue weighted by Gasteiger charge is 2.20. The predicted molar refractivity (Wildman–Crippen MR) is 67.5 cm³/mol. The van der Waals surface area contributed by atoms with Gasteiger partial charge in [0.05, 0.1) is 11.2 Å². The van der Waals surface area contributed by atoms with E-state index < -0.39 is 0 Å². The first-order valence-corrected chi connectivity index (χ1v) is 6.25. The molecule has 1 aromatic carbocycles. The van der Waals surface area contributed by atoms with Crippen LogP contribution in [-0.2, 0) is 0 Å². The molecule has 0 amide bonds. The molecule has 0 spiro atoms. The minimum atomic E-state index is 0.528. The minimum Gasteiger partial charge on any atom is -0.316 e. The van der Waals surface area contributed by atoms with Crippen LogP contribution in [0.15, 0.2) is 29.0 Å². The van der Waals surface area contributed by atoms with Gasteiger partial charge in [0.25, 0.3) is 0 Å². The molecule has 0 aliphatic carbocycles. The second-order valence-corrected chi connectivity index (χ2v) is 5.03. The zero-order chi connectivity index (χ0) is 11.0. The largest absolute Gasteiger partial charge is 0.316 e. The average Bonchev–Trinajstić information content (AvgIpc) is 2.81. The standard InChI is InChI=1S/C12H12BrN3/c13-9-1-2-11-10(5-9)12(16-7-15-11)8-3-4-14-6-8/h1-2,5,7-8,14H,3-4,6H2. The van der Waals surface area contributed by atoms with Crippen molar-refractivity contribution in [1.29, 1.82) is 0 Å². The predicted octanol–water partition coefficient (Wildman–Crippen LogP) is 2.47. The lowest BCUT2D eigenvalue weighted by Gasteiger charge is -2.10. The van der Waals surface area contributed by atoms with Crippen molar-refractivity contribution in [3.05, 3.63) is 34.7 Å². The Hall–Kier alpha value is -1.00. The summed E-state index contributed by atoms with van der Waals surface area (Å²) in [4.78, 5) is 8.76. The molecule has 1 unspecified atom stereocenters. The molecule has 1 fully saturated rings. The summed E-state index contributed by atoms with van der Waals surface area (Å²) in [5, 5.41) is 4.55. The van der Waals surface area contributed by atoms with Crippen LogP contribution < -0.4 is 5.32 Å². The average molecular weight is 278 g/mol. The van der Waals surface area contributed by atoms with E-state index in [9.17, 15) is 0 Å². The highest BCUT2D eigenvalue weighted by molar-refractivity contribution is 9.10. The SMILES string of the molecule is Brc1ccc2ncnc(C3CCNC3)c2c1. The van der Waals surface area contributed by atoms with Gasteiger partial charge in [-0.3, -0.25) is 0 Å². The lowest BCUT2D eigenvalue weighted by molar-refractivity contribution is 0.740. The molecule has 1 aliphatic heterocycles. The van der Waals surface area contributed by atoms with Crippen LogP contribution in [0.2, 0.25) is 0 Å². The molecule has 0 radical (unpaired) electrons. The van der Waals surface area contributed by atoms with Crippen molar-refractivity contribution >= 4 is 26.8 Å². The molecule has 2 aromatic rings. The number of hydrogen-bond acceptors (Lipinski definition) is 3. The number of aromatic nitrogens is 2. The van der Waals surface area contributed by atoms with E-state index in [0.29, 0.717) is 5.92 Å². The van der Waals surface area contributed by atoms with Gasteiger partial charge in [-0.2, -0.15) is 0 Å². The van der Waals surface area contributed by atoms with Crippen molar-refractivity contribution in [2.75, 3.05) is 13.1 Å². The summed E-state index contributed by atoms with van der Waals surface area (Å²) in [7, 11) is 0. The van der Waals surface area contributed by atoms with Crippen LogP contribution in [0.4, 0.5) is 0 Å². The number of benzene rings is 1. The van der Waals surface area contributed by atoms with Gasteiger partial charge in [0, 0.05) is 22.3 Å². The second kappa shape index (κ2) is 4.11. The van der Waals surface area contributed by atoms with Crippen molar-refractivity contribution in [2.24, 2.45) is 0 Å². The van der Waals surface area contributed by atoms with Gasteiger partial charge in [-0.15, -0.1) is 0 Å². The van der Waals surface area contributed by atoms with Crippen molar-refractivity contribution in [3.8, 4) is 0 Å². The molecular formula is C12H12BrN3. The first-order valence-electron chi connectivity index (χ1n) is 5.45. The summed E-state index contributed by atoms with van der Waals surface area (Å²) in [6.45, 7) is 2.11. The van der Waals surface area contributed by atoms with Crippen LogP contribution in [-0.4, -0.2) is 23.1 Å². The first kappa shape index (κ1) is 10.2. The van der Waals surface area contributed by atoms with Crippen molar-refractivity contribution in [1.82, 2.24) is 15.3 Å². The van der Waals surface area contributed by atoms with Crippen LogP contribution in [0, 0.1) is 0 Å². The summed E-state index contributed by atoms with van der Waals surface area (Å²) in [5.41, 5.74) is 2.21. The Morgan fingerprint density at radius 2 is 2.25 bits per heavy atom. The van der Waals surface area contributed by atoms with Crippen molar-refractivity contribution < 1.29 is 0 Å². The van der Waals surface area contributed by atoms with Gasteiger partial charge >= 0.3 is 0 Å². The van der Waals surface area contributed by atoms with E-state index in [1.807, 2.05) is 12.1 Å². The zero-order valence-electron chi connectivity index (χ0n) is 8.78. The quantitative estimate of drug-likeness (QED) is 0.870. The molecule has 1 N–H and O–H groups in total. The fourth-order valence-electron chi connectivity index (χ4n) is 2.26. The molecule has 16 heavy (non-hydrogen) atoms. The Morgan fingerprint density at radius 3 is 3.06 bits per heavy atom. The molecule has 3 nitrogen and oxygen atoms in total. The normalized spacial score (nSPS) is 20.4. The highest BCUT2D eigenvalue weighted by atomic mass is 79.9. The molecule has 1 aromatic heterocycles. The van der Waals surface area contributed by atoms with E-state index in [1.165, 1.54) is 17.5 Å². The number of fused-ring (bicyclic) bond motifs is 1. The van der Waals surface area contributed by atoms with Crippen LogP contribution in [0.25, 0.3) is 10.9 Å². The van der Waals surface area contributed by atoms with Crippen LogP contribution >= 0.6 is 15.9 Å². The van der Waals surface area contributed by atoms with Gasteiger partial charge in [-0.1, -0.05) is 15.9 Å². The van der Waals surface area contributed by atoms with Crippen LogP contribution in [0.3, 0.4) is 0 Å². The van der Waals surface area contributed by atoms with Gasteiger partial charge < -0.3 is 5.32 Å². The number of rotatable bonds is 1. The first-order chi connectivity index (χ1) is 7.84. The van der Waals surface area contributed by atoms with Crippen molar-refractivity contribution in [3.63, 3.8) is 0 Å². The Bertz CT molecular complexity index is 521. The topological polar surface area (TPSA) is 37.8 Å². The summed E-state index contributed by atoms with van der Waals surface area (Å²) in [5.74, 6) is 0.528. The third kappa shape index (κ3) is 1.72. The fraction of sp³-hybridized carbons (Fsp3) is 0.333. The third-order valence-corrected chi connectivity index (χ3v) is 3.57. The summed E-state index contributed by atoms with van der Waals surface area (Å²) in [6.07, 6.45) is 2.84. The number of nitrogens with zero attached hydrogens (tertiary/aromatic N) is 2. The second-order valence-electron chi connectivity index (χ2n) is 4.11. The van der Waals surface area contributed by atoms with Crippen LogP contribution in [0.5, 0.6) is 0 Å². The highest BCUT2D eigenvalue weighted by Crippen LogP contribution is 2.28. The molecular weight excluding hydrogens is 266 g/mol. The molecule has 1 saturated heterocycles. The molecule has 1 atom stereocenters. The molecule has 82 valence electrons. The van der Waals surface area contributed by atoms with E-state index in [4.69, 9.17) is 0 Å². The number of halogens is 1. The molecule has 0 bridgehead atoms. The van der Waals surface area contributed by atoms with Crippen LogP contribution in [0.1, 0.15) is 18.0 Å². The van der Waals surface area contributed by atoms with Gasteiger partial charge in [0.2, 0.25) is 0 Å². The smallest absolute Gasteiger partial charge is 0.116 e. The number of nitrogens with one attached hydrogen (secondary N) is 1. The Labute approximate surface area is 102 Å². The minimum absolute atomic E-state index is 0.528. The Morgan fingerprint density at radius 1 is 1.31 bits per heavy atom. The lowest BCUT2D eigenvalue weighted by Crippen LogP contribution is -2.09. The fourth-order valence-corrected chi connectivity index (χ4v) is 2.62. The Kier molecular flexibility index (Phi) is 2.61. The van der Waals surface area contributed by atoms with Gasteiger partial charge in [-0.05, 0) is 31.2 Å². The molecule has 0 saturated carbocycles. The zero-order valence-corrected chi connectivity index (χ0v) is 10.4. The molecule has 1 aliphatic rings. The number of hydrogen-bond donors (Lipinski definition) is 1. The summed E-state index contributed by atoms with van der Waals surface area (Å²) >= 11 is 3.50. The maximum absolute atomic E-state index is 4.46. The lowest BCUT2D eigenvalue weighted by atomic mass is 10.0. The van der Waals surface area contributed by atoms with Crippen molar-refractivity contribution in [2.45, 2.75) is 12.3 Å². The summed E-state index contributed by atoms with van der Waals surface area (Å²) in [6, 6.07) is 6.17. The van der Waals surface area contributed by atoms with E-state index in [2.05, 4.69) is 37.3 Å².